The average molecular weight is 336 g/mol. The quantitative estimate of drug-likeness (QED) is 0.791. The second kappa shape index (κ2) is 6.82. The minimum Gasteiger partial charge on any atom is -0.398 e. The topological polar surface area (TPSA) is 62.7 Å². The number of nitrogen functional groups attached to an aromatic ring is 1. The van der Waals surface area contributed by atoms with Gasteiger partial charge in [-0.15, -0.1) is 0 Å². The van der Waals surface area contributed by atoms with E-state index in [1.165, 1.54) is 5.69 Å². The molecule has 1 aliphatic rings. The molecule has 1 saturated heterocycles. The number of anilines is 1. The molecule has 4 heterocycles. The minimum atomic E-state index is 0.750. The van der Waals surface area contributed by atoms with Gasteiger partial charge in [0, 0.05) is 62.6 Å². The number of likely N-dealkylation sites (N-methyl/N-ethyl adjacent to an activating group) is 1. The molecule has 3 aromatic heterocycles. The van der Waals surface area contributed by atoms with Crippen LogP contribution in [0.25, 0.3) is 16.9 Å². The molecule has 130 valence electrons. The van der Waals surface area contributed by atoms with Gasteiger partial charge in [-0.05, 0) is 30.8 Å². The van der Waals surface area contributed by atoms with Gasteiger partial charge in [0.2, 0.25) is 0 Å². The normalized spacial score (nSPS) is 16.5. The van der Waals surface area contributed by atoms with E-state index in [0.717, 1.165) is 61.9 Å². The molecule has 0 saturated carbocycles. The van der Waals surface area contributed by atoms with Crippen molar-refractivity contribution in [3.63, 3.8) is 0 Å². The predicted molar refractivity (Wildman–Crippen MR) is 100 cm³/mol. The van der Waals surface area contributed by atoms with Crippen LogP contribution >= 0.6 is 0 Å². The number of hydrogen-bond acceptors (Lipinski definition) is 5. The smallest absolute Gasteiger partial charge is 0.137 e. The first-order chi connectivity index (χ1) is 12.2. The number of imidazole rings is 1. The van der Waals surface area contributed by atoms with E-state index in [1.807, 2.05) is 30.6 Å². The Morgan fingerprint density at radius 1 is 1.08 bits per heavy atom. The zero-order valence-corrected chi connectivity index (χ0v) is 14.6. The van der Waals surface area contributed by atoms with Crippen LogP contribution in [0.5, 0.6) is 0 Å². The molecule has 0 spiro atoms. The first-order valence-electron chi connectivity index (χ1n) is 8.86. The Hall–Kier alpha value is -2.44. The lowest BCUT2D eigenvalue weighted by molar-refractivity contribution is 0.131. The van der Waals surface area contributed by atoms with Crippen molar-refractivity contribution in [2.75, 3.05) is 38.5 Å². The average Bonchev–Trinajstić information content (AvgIpc) is 3.01. The molecular weight excluding hydrogens is 312 g/mol. The van der Waals surface area contributed by atoms with Gasteiger partial charge in [0.25, 0.3) is 0 Å². The second-order valence-electron chi connectivity index (χ2n) is 6.55. The van der Waals surface area contributed by atoms with Crippen LogP contribution in [-0.2, 0) is 6.54 Å². The maximum atomic E-state index is 6.03. The molecule has 4 rings (SSSR count). The summed E-state index contributed by atoms with van der Waals surface area (Å²) in [7, 11) is 0. The molecule has 3 aromatic rings. The third-order valence-corrected chi connectivity index (χ3v) is 4.96. The molecule has 1 fully saturated rings. The van der Waals surface area contributed by atoms with Crippen molar-refractivity contribution in [3.05, 3.63) is 48.5 Å². The molecule has 1 aliphatic heterocycles. The van der Waals surface area contributed by atoms with E-state index >= 15 is 0 Å². The van der Waals surface area contributed by atoms with Crippen LogP contribution in [0.1, 0.15) is 12.6 Å². The lowest BCUT2D eigenvalue weighted by Gasteiger charge is -2.34. The molecule has 0 radical (unpaired) electrons. The predicted octanol–water partition coefficient (Wildman–Crippen LogP) is 2.12. The molecule has 0 amide bonds. The van der Waals surface area contributed by atoms with Crippen molar-refractivity contribution >= 4 is 11.3 Å². The first-order valence-corrected chi connectivity index (χ1v) is 8.86. The fourth-order valence-electron chi connectivity index (χ4n) is 3.47. The van der Waals surface area contributed by atoms with Gasteiger partial charge in [0.05, 0.1) is 11.4 Å². The Morgan fingerprint density at radius 3 is 2.60 bits per heavy atom. The Kier molecular flexibility index (Phi) is 4.38. The summed E-state index contributed by atoms with van der Waals surface area (Å²) < 4.78 is 2.13. The molecular formula is C19H24N6. The SMILES string of the molecule is CCN1CCN(Cc2c(-c3cccnc3)nc3ccc(N)cn23)CC1. The Bertz CT molecular complexity index is 849. The van der Waals surface area contributed by atoms with Gasteiger partial charge in [0.15, 0.2) is 0 Å². The van der Waals surface area contributed by atoms with Crippen LogP contribution in [0.2, 0.25) is 0 Å². The van der Waals surface area contributed by atoms with Crippen LogP contribution in [0.3, 0.4) is 0 Å². The molecule has 0 aliphatic carbocycles. The zero-order chi connectivity index (χ0) is 17.2. The van der Waals surface area contributed by atoms with Gasteiger partial charge in [0.1, 0.15) is 5.65 Å². The number of hydrogen-bond donors (Lipinski definition) is 1. The van der Waals surface area contributed by atoms with Crippen LogP contribution in [0.4, 0.5) is 5.69 Å². The Balaban J connectivity index is 1.71. The van der Waals surface area contributed by atoms with E-state index in [0.29, 0.717) is 0 Å². The van der Waals surface area contributed by atoms with Crippen molar-refractivity contribution in [2.24, 2.45) is 0 Å². The molecule has 6 nitrogen and oxygen atoms in total. The van der Waals surface area contributed by atoms with E-state index in [4.69, 9.17) is 10.7 Å². The molecule has 0 atom stereocenters. The number of nitrogens with two attached hydrogens (primary N) is 1. The summed E-state index contributed by atoms with van der Waals surface area (Å²) in [6.45, 7) is 8.62. The molecule has 2 N–H and O–H groups in total. The third kappa shape index (κ3) is 3.23. The van der Waals surface area contributed by atoms with Crippen LogP contribution < -0.4 is 5.73 Å². The largest absolute Gasteiger partial charge is 0.398 e. The van der Waals surface area contributed by atoms with Gasteiger partial charge in [-0.25, -0.2) is 4.98 Å². The summed E-state index contributed by atoms with van der Waals surface area (Å²) in [5.74, 6) is 0. The minimum absolute atomic E-state index is 0.750. The highest BCUT2D eigenvalue weighted by atomic mass is 15.3. The number of rotatable bonds is 4. The summed E-state index contributed by atoms with van der Waals surface area (Å²) in [4.78, 5) is 14.1. The van der Waals surface area contributed by atoms with Crippen LogP contribution in [-0.4, -0.2) is 56.9 Å². The van der Waals surface area contributed by atoms with Gasteiger partial charge < -0.3 is 15.0 Å². The highest BCUT2D eigenvalue weighted by Gasteiger charge is 2.20. The molecule has 0 aromatic carbocycles. The number of pyridine rings is 2. The lowest BCUT2D eigenvalue weighted by atomic mass is 10.1. The Morgan fingerprint density at radius 2 is 1.88 bits per heavy atom. The van der Waals surface area contributed by atoms with Crippen molar-refractivity contribution in [3.8, 4) is 11.3 Å². The molecule has 0 bridgehead atoms. The fourth-order valence-corrected chi connectivity index (χ4v) is 3.47. The molecule has 6 heteroatoms. The van der Waals surface area contributed by atoms with Crippen molar-refractivity contribution in [1.29, 1.82) is 0 Å². The van der Waals surface area contributed by atoms with Crippen LogP contribution in [0.15, 0.2) is 42.9 Å². The summed E-state index contributed by atoms with van der Waals surface area (Å²) in [5.41, 5.74) is 10.9. The maximum absolute atomic E-state index is 6.03. The van der Waals surface area contributed by atoms with E-state index in [9.17, 15) is 0 Å². The monoisotopic (exact) mass is 336 g/mol. The van der Waals surface area contributed by atoms with Crippen molar-refractivity contribution in [2.45, 2.75) is 13.5 Å². The zero-order valence-electron chi connectivity index (χ0n) is 14.6. The maximum Gasteiger partial charge on any atom is 0.137 e. The summed E-state index contributed by atoms with van der Waals surface area (Å²) >= 11 is 0. The van der Waals surface area contributed by atoms with E-state index < -0.39 is 0 Å². The fraction of sp³-hybridized carbons (Fsp3) is 0.368. The summed E-state index contributed by atoms with van der Waals surface area (Å²) in [5, 5.41) is 0. The Labute approximate surface area is 147 Å². The number of piperazine rings is 1. The molecule has 25 heavy (non-hydrogen) atoms. The van der Waals surface area contributed by atoms with Crippen molar-refractivity contribution in [1.82, 2.24) is 24.2 Å². The van der Waals surface area contributed by atoms with Gasteiger partial charge in [-0.1, -0.05) is 6.92 Å². The molecule has 0 unspecified atom stereocenters. The van der Waals surface area contributed by atoms with Gasteiger partial charge in [-0.2, -0.15) is 0 Å². The number of fused-ring (bicyclic) bond motifs is 1. The lowest BCUT2D eigenvalue weighted by Crippen LogP contribution is -2.45. The number of aromatic nitrogens is 3. The second-order valence-corrected chi connectivity index (χ2v) is 6.55. The highest BCUT2D eigenvalue weighted by molar-refractivity contribution is 5.66. The standard InChI is InChI=1S/C19H24N6/c1-2-23-8-10-24(11-9-23)14-17-19(15-4-3-7-21-12-15)22-18-6-5-16(20)13-25(17)18/h3-7,12-13H,2,8-11,14,20H2,1H3. The van der Waals surface area contributed by atoms with E-state index in [-0.39, 0.29) is 0 Å². The van der Waals surface area contributed by atoms with E-state index in [1.54, 1.807) is 6.20 Å². The highest BCUT2D eigenvalue weighted by Crippen LogP contribution is 2.26. The van der Waals surface area contributed by atoms with Gasteiger partial charge >= 0.3 is 0 Å². The number of nitrogens with zero attached hydrogens (tertiary/aromatic N) is 5. The van der Waals surface area contributed by atoms with Gasteiger partial charge in [-0.3, -0.25) is 9.88 Å². The van der Waals surface area contributed by atoms with E-state index in [2.05, 4.69) is 32.2 Å². The third-order valence-electron chi connectivity index (χ3n) is 4.96. The first kappa shape index (κ1) is 16.1. The summed E-state index contributed by atoms with van der Waals surface area (Å²) in [6.07, 6.45) is 5.64. The van der Waals surface area contributed by atoms with Crippen LogP contribution in [0, 0.1) is 0 Å². The summed E-state index contributed by atoms with van der Waals surface area (Å²) in [6, 6.07) is 7.90. The van der Waals surface area contributed by atoms with Crippen molar-refractivity contribution < 1.29 is 0 Å².